The highest BCUT2D eigenvalue weighted by molar-refractivity contribution is 5.34. The summed E-state index contributed by atoms with van der Waals surface area (Å²) in [6, 6.07) is 7.37. The van der Waals surface area contributed by atoms with Gasteiger partial charge in [-0.05, 0) is 35.9 Å². The summed E-state index contributed by atoms with van der Waals surface area (Å²) in [6.45, 7) is -0.266. The SMILES string of the molecule is CCNC(c1ccc(OC(F)F)cc1)c1cncc(F)c1. The van der Waals surface area contributed by atoms with Gasteiger partial charge in [-0.25, -0.2) is 4.39 Å². The molecule has 6 heteroatoms. The second-order valence-electron chi connectivity index (χ2n) is 4.37. The molecule has 0 radical (unpaired) electrons. The maximum Gasteiger partial charge on any atom is 0.387 e. The van der Waals surface area contributed by atoms with Crippen molar-refractivity contribution in [2.24, 2.45) is 0 Å². The number of hydrogen-bond donors (Lipinski definition) is 1. The summed E-state index contributed by atoms with van der Waals surface area (Å²) in [5.74, 6) is -0.338. The minimum absolute atomic E-state index is 0.0846. The van der Waals surface area contributed by atoms with E-state index in [9.17, 15) is 13.2 Å². The van der Waals surface area contributed by atoms with E-state index in [1.165, 1.54) is 18.2 Å². The third-order valence-electron chi connectivity index (χ3n) is 2.91. The molecule has 1 aromatic carbocycles. The average Bonchev–Trinajstić information content (AvgIpc) is 2.45. The van der Waals surface area contributed by atoms with Gasteiger partial charge in [0.05, 0.1) is 12.2 Å². The Kier molecular flexibility index (Phi) is 5.16. The highest BCUT2D eigenvalue weighted by Gasteiger charge is 2.14. The van der Waals surface area contributed by atoms with Crippen LogP contribution in [0.3, 0.4) is 0 Å². The first-order valence-corrected chi connectivity index (χ1v) is 6.48. The molecule has 1 heterocycles. The van der Waals surface area contributed by atoms with Crippen LogP contribution in [0.1, 0.15) is 24.1 Å². The number of nitrogens with one attached hydrogen (secondary N) is 1. The van der Waals surface area contributed by atoms with Crippen LogP contribution in [-0.4, -0.2) is 18.1 Å². The molecule has 0 amide bonds. The molecule has 0 aliphatic heterocycles. The second-order valence-corrected chi connectivity index (χ2v) is 4.37. The van der Waals surface area contributed by atoms with E-state index >= 15 is 0 Å². The van der Waals surface area contributed by atoms with Gasteiger partial charge in [0.2, 0.25) is 0 Å². The number of alkyl halides is 2. The first-order chi connectivity index (χ1) is 10.1. The van der Waals surface area contributed by atoms with E-state index in [0.717, 1.165) is 11.8 Å². The first kappa shape index (κ1) is 15.3. The van der Waals surface area contributed by atoms with E-state index in [1.807, 2.05) is 6.92 Å². The summed E-state index contributed by atoms with van der Waals surface area (Å²) < 4.78 is 41.9. The van der Waals surface area contributed by atoms with Crippen molar-refractivity contribution in [3.8, 4) is 5.75 Å². The summed E-state index contributed by atoms with van der Waals surface area (Å²) in [4.78, 5) is 3.83. The fraction of sp³-hybridized carbons (Fsp3) is 0.267. The number of benzene rings is 1. The molecule has 3 nitrogen and oxygen atoms in total. The number of aromatic nitrogens is 1. The van der Waals surface area contributed by atoms with Gasteiger partial charge in [-0.2, -0.15) is 8.78 Å². The van der Waals surface area contributed by atoms with Crippen molar-refractivity contribution in [2.45, 2.75) is 19.6 Å². The predicted molar refractivity (Wildman–Crippen MR) is 72.8 cm³/mol. The topological polar surface area (TPSA) is 34.1 Å². The van der Waals surface area contributed by atoms with Gasteiger partial charge in [0.15, 0.2) is 0 Å². The Morgan fingerprint density at radius 3 is 2.43 bits per heavy atom. The zero-order valence-electron chi connectivity index (χ0n) is 11.4. The first-order valence-electron chi connectivity index (χ1n) is 6.48. The van der Waals surface area contributed by atoms with Crippen LogP contribution >= 0.6 is 0 Å². The molecule has 1 N–H and O–H groups in total. The average molecular weight is 296 g/mol. The largest absolute Gasteiger partial charge is 0.435 e. The molecule has 0 saturated carbocycles. The molecule has 0 spiro atoms. The number of pyridine rings is 1. The molecule has 0 bridgehead atoms. The van der Waals surface area contributed by atoms with Gasteiger partial charge in [0.1, 0.15) is 11.6 Å². The molecule has 0 aliphatic rings. The van der Waals surface area contributed by atoms with Crippen LogP contribution in [0.2, 0.25) is 0 Å². The Morgan fingerprint density at radius 1 is 1.14 bits per heavy atom. The molecule has 1 unspecified atom stereocenters. The fourth-order valence-electron chi connectivity index (χ4n) is 2.06. The molecule has 0 aliphatic carbocycles. The van der Waals surface area contributed by atoms with Crippen molar-refractivity contribution in [1.29, 1.82) is 0 Å². The minimum atomic E-state index is -2.85. The summed E-state index contributed by atoms with van der Waals surface area (Å²) in [5.41, 5.74) is 1.48. The highest BCUT2D eigenvalue weighted by Crippen LogP contribution is 2.24. The molecular formula is C15H15F3N2O. The molecule has 2 aromatic rings. The van der Waals surface area contributed by atoms with Gasteiger partial charge < -0.3 is 10.1 Å². The lowest BCUT2D eigenvalue weighted by atomic mass is 10.00. The predicted octanol–water partition coefficient (Wildman–Crippen LogP) is 3.52. The van der Waals surface area contributed by atoms with E-state index in [2.05, 4.69) is 15.0 Å². The lowest BCUT2D eigenvalue weighted by Crippen LogP contribution is -2.22. The third-order valence-corrected chi connectivity index (χ3v) is 2.91. The molecule has 1 atom stereocenters. The van der Waals surface area contributed by atoms with Gasteiger partial charge in [-0.1, -0.05) is 19.1 Å². The Hall–Kier alpha value is -2.08. The van der Waals surface area contributed by atoms with Gasteiger partial charge in [-0.15, -0.1) is 0 Å². The van der Waals surface area contributed by atoms with Gasteiger partial charge in [0, 0.05) is 6.20 Å². The maximum atomic E-state index is 13.3. The van der Waals surface area contributed by atoms with E-state index < -0.39 is 12.4 Å². The lowest BCUT2D eigenvalue weighted by molar-refractivity contribution is -0.0498. The smallest absolute Gasteiger partial charge is 0.387 e. The van der Waals surface area contributed by atoms with Crippen LogP contribution in [0.5, 0.6) is 5.75 Å². The van der Waals surface area contributed by atoms with Gasteiger partial charge >= 0.3 is 6.61 Å². The van der Waals surface area contributed by atoms with Crippen LogP contribution in [0.15, 0.2) is 42.7 Å². The van der Waals surface area contributed by atoms with Crippen LogP contribution in [0, 0.1) is 5.82 Å². The van der Waals surface area contributed by atoms with Crippen molar-refractivity contribution >= 4 is 0 Å². The van der Waals surface area contributed by atoms with E-state index in [0.29, 0.717) is 12.1 Å². The normalized spacial score (nSPS) is 12.4. The van der Waals surface area contributed by atoms with Crippen LogP contribution < -0.4 is 10.1 Å². The number of ether oxygens (including phenoxy) is 1. The van der Waals surface area contributed by atoms with Crippen molar-refractivity contribution < 1.29 is 17.9 Å². The Balaban J connectivity index is 2.26. The van der Waals surface area contributed by atoms with Crippen molar-refractivity contribution in [2.75, 3.05) is 6.54 Å². The molecule has 21 heavy (non-hydrogen) atoms. The Labute approximate surface area is 120 Å². The molecule has 2 rings (SSSR count). The zero-order chi connectivity index (χ0) is 15.2. The maximum absolute atomic E-state index is 13.3. The molecule has 0 fully saturated rings. The van der Waals surface area contributed by atoms with E-state index in [4.69, 9.17) is 0 Å². The van der Waals surface area contributed by atoms with E-state index in [1.54, 1.807) is 18.3 Å². The monoisotopic (exact) mass is 296 g/mol. The second kappa shape index (κ2) is 7.08. The van der Waals surface area contributed by atoms with Crippen molar-refractivity contribution in [3.63, 3.8) is 0 Å². The number of nitrogens with zero attached hydrogens (tertiary/aromatic N) is 1. The summed E-state index contributed by atoms with van der Waals surface area (Å²) in [5, 5.41) is 3.21. The molecular weight excluding hydrogens is 281 g/mol. The quantitative estimate of drug-likeness (QED) is 0.885. The standard InChI is InChI=1S/C15H15F3N2O/c1-2-20-14(11-7-12(16)9-19-8-11)10-3-5-13(6-4-10)21-15(17)18/h3-9,14-15,20H,2H2,1H3. The fourth-order valence-corrected chi connectivity index (χ4v) is 2.06. The van der Waals surface area contributed by atoms with Crippen LogP contribution in [0.4, 0.5) is 13.2 Å². The Bertz CT molecular complexity index is 575. The van der Waals surface area contributed by atoms with Crippen molar-refractivity contribution in [3.05, 3.63) is 59.7 Å². The molecule has 0 saturated heterocycles. The Morgan fingerprint density at radius 2 is 1.86 bits per heavy atom. The summed E-state index contributed by atoms with van der Waals surface area (Å²) in [6.07, 6.45) is 2.70. The zero-order valence-corrected chi connectivity index (χ0v) is 11.4. The number of halogens is 3. The number of hydrogen-bond acceptors (Lipinski definition) is 3. The van der Waals surface area contributed by atoms with E-state index in [-0.39, 0.29) is 11.8 Å². The highest BCUT2D eigenvalue weighted by atomic mass is 19.3. The summed E-state index contributed by atoms with van der Waals surface area (Å²) in [7, 11) is 0. The molecule has 1 aromatic heterocycles. The summed E-state index contributed by atoms with van der Waals surface area (Å²) >= 11 is 0. The van der Waals surface area contributed by atoms with Crippen molar-refractivity contribution in [1.82, 2.24) is 10.3 Å². The third kappa shape index (κ3) is 4.19. The van der Waals surface area contributed by atoms with Gasteiger partial charge in [-0.3, -0.25) is 4.98 Å². The van der Waals surface area contributed by atoms with Gasteiger partial charge in [0.25, 0.3) is 0 Å². The minimum Gasteiger partial charge on any atom is -0.435 e. The number of rotatable bonds is 6. The molecule has 112 valence electrons. The lowest BCUT2D eigenvalue weighted by Gasteiger charge is -2.19. The van der Waals surface area contributed by atoms with Crippen LogP contribution in [-0.2, 0) is 0 Å². The van der Waals surface area contributed by atoms with Crippen LogP contribution in [0.25, 0.3) is 0 Å².